The quantitative estimate of drug-likeness (QED) is 0.468. The number of rotatable bonds is 8. The van der Waals surface area contributed by atoms with E-state index in [1.165, 1.54) is 31.2 Å². The van der Waals surface area contributed by atoms with Gasteiger partial charge in [0.1, 0.15) is 0 Å². The van der Waals surface area contributed by atoms with Crippen molar-refractivity contribution >= 4 is 50.5 Å². The molecule has 0 saturated carbocycles. The van der Waals surface area contributed by atoms with E-state index >= 15 is 0 Å². The summed E-state index contributed by atoms with van der Waals surface area (Å²) in [4.78, 5) is 22.7. The van der Waals surface area contributed by atoms with E-state index in [1.54, 1.807) is 13.0 Å². The Kier molecular flexibility index (Phi) is 7.59. The average molecular weight is 460 g/mol. The molecule has 0 fully saturated rings. The maximum absolute atomic E-state index is 13.2. The number of nitrogens with one attached hydrogen (secondary N) is 1. The molecule has 0 heterocycles. The Bertz CT molecular complexity index is 1040. The summed E-state index contributed by atoms with van der Waals surface area (Å²) in [7, 11) is -4.30. The number of amides is 1. The molecule has 0 aliphatic rings. The molecule has 156 valence electrons. The van der Waals surface area contributed by atoms with E-state index in [0.29, 0.717) is 11.4 Å². The standard InChI is InChI=1S/C18H19Cl2N3O5S/c1-3-9-22(11-17(24)21-15-10-13(19)7-8-14(15)20)29(27,28)18-12(2)5-4-6-16(18)23(25)26/h4-8,10H,3,9,11H2,1-2H3,(H,21,24). The van der Waals surface area contributed by atoms with E-state index in [2.05, 4.69) is 5.32 Å². The van der Waals surface area contributed by atoms with Crippen LogP contribution in [0.5, 0.6) is 0 Å². The molecule has 2 aromatic carbocycles. The number of benzene rings is 2. The highest BCUT2D eigenvalue weighted by atomic mass is 35.5. The molecule has 0 aliphatic heterocycles. The van der Waals surface area contributed by atoms with Crippen LogP contribution in [-0.2, 0) is 14.8 Å². The van der Waals surface area contributed by atoms with Crippen LogP contribution in [0.3, 0.4) is 0 Å². The van der Waals surface area contributed by atoms with Gasteiger partial charge in [0.25, 0.3) is 15.7 Å². The summed E-state index contributed by atoms with van der Waals surface area (Å²) in [5.41, 5.74) is -0.0807. The third-order valence-electron chi connectivity index (χ3n) is 3.98. The Hall–Kier alpha value is -2.20. The number of halogens is 2. The first-order valence-corrected chi connectivity index (χ1v) is 10.8. The third-order valence-corrected chi connectivity index (χ3v) is 6.58. The van der Waals surface area contributed by atoms with Gasteiger partial charge in [0.2, 0.25) is 5.91 Å². The van der Waals surface area contributed by atoms with Gasteiger partial charge in [0, 0.05) is 17.6 Å². The summed E-state index contributed by atoms with van der Waals surface area (Å²) in [6, 6.07) is 8.48. The number of hydrogen-bond acceptors (Lipinski definition) is 5. The molecule has 0 aliphatic carbocycles. The van der Waals surface area contributed by atoms with Crippen LogP contribution in [0.2, 0.25) is 10.0 Å². The Balaban J connectivity index is 2.37. The van der Waals surface area contributed by atoms with E-state index in [4.69, 9.17) is 23.2 Å². The number of nitrogens with zero attached hydrogens (tertiary/aromatic N) is 2. The number of nitro benzene ring substituents is 1. The van der Waals surface area contributed by atoms with Gasteiger partial charge < -0.3 is 5.32 Å². The topological polar surface area (TPSA) is 110 Å². The summed E-state index contributed by atoms with van der Waals surface area (Å²) in [6.07, 6.45) is 0.407. The van der Waals surface area contributed by atoms with Crippen LogP contribution in [0.1, 0.15) is 18.9 Å². The largest absolute Gasteiger partial charge is 0.324 e. The monoisotopic (exact) mass is 459 g/mol. The van der Waals surface area contributed by atoms with Crippen LogP contribution < -0.4 is 5.32 Å². The smallest absolute Gasteiger partial charge is 0.289 e. The van der Waals surface area contributed by atoms with Gasteiger partial charge in [-0.2, -0.15) is 4.31 Å². The second-order valence-electron chi connectivity index (χ2n) is 6.19. The first kappa shape index (κ1) is 23.1. The predicted molar refractivity (Wildman–Crippen MR) is 112 cm³/mol. The number of aryl methyl sites for hydroxylation is 1. The van der Waals surface area contributed by atoms with Gasteiger partial charge in [0.05, 0.1) is 22.2 Å². The van der Waals surface area contributed by atoms with Gasteiger partial charge in [-0.05, 0) is 37.1 Å². The molecule has 0 radical (unpaired) electrons. The molecule has 2 rings (SSSR count). The minimum Gasteiger partial charge on any atom is -0.324 e. The van der Waals surface area contributed by atoms with Crippen molar-refractivity contribution < 1.29 is 18.1 Å². The molecule has 1 amide bonds. The molecule has 29 heavy (non-hydrogen) atoms. The van der Waals surface area contributed by atoms with Crippen LogP contribution >= 0.6 is 23.2 Å². The number of nitro groups is 1. The minimum atomic E-state index is -4.30. The van der Waals surface area contributed by atoms with Gasteiger partial charge in [-0.25, -0.2) is 8.42 Å². The van der Waals surface area contributed by atoms with E-state index < -0.39 is 38.0 Å². The lowest BCUT2D eigenvalue weighted by molar-refractivity contribution is -0.387. The van der Waals surface area contributed by atoms with Gasteiger partial charge in [-0.3, -0.25) is 14.9 Å². The lowest BCUT2D eigenvalue weighted by Gasteiger charge is -2.22. The molecule has 0 unspecified atom stereocenters. The fourth-order valence-electron chi connectivity index (χ4n) is 2.72. The molecule has 8 nitrogen and oxygen atoms in total. The Labute approximate surface area is 178 Å². The minimum absolute atomic E-state index is 0.00448. The average Bonchev–Trinajstić information content (AvgIpc) is 2.63. The zero-order valence-electron chi connectivity index (χ0n) is 15.7. The number of anilines is 1. The molecule has 11 heteroatoms. The molecular weight excluding hydrogens is 441 g/mol. The number of hydrogen-bond donors (Lipinski definition) is 1. The SMILES string of the molecule is CCCN(CC(=O)Nc1cc(Cl)ccc1Cl)S(=O)(=O)c1c(C)cccc1[N+](=O)[O-]. The zero-order valence-corrected chi connectivity index (χ0v) is 18.0. The fourth-order valence-corrected chi connectivity index (χ4v) is 4.91. The van der Waals surface area contributed by atoms with Crippen LogP contribution in [0.15, 0.2) is 41.3 Å². The summed E-state index contributed by atoms with van der Waals surface area (Å²) >= 11 is 11.9. The lowest BCUT2D eigenvalue weighted by atomic mass is 10.2. The molecule has 1 N–H and O–H groups in total. The van der Waals surface area contributed by atoms with Crippen molar-refractivity contribution in [3.05, 3.63) is 62.1 Å². The molecular formula is C18H19Cl2N3O5S. The number of carbonyl (C=O) groups is 1. The van der Waals surface area contributed by atoms with Crippen molar-refractivity contribution in [1.82, 2.24) is 4.31 Å². The molecule has 0 aromatic heterocycles. The number of carbonyl (C=O) groups excluding carboxylic acids is 1. The highest BCUT2D eigenvalue weighted by Crippen LogP contribution is 2.30. The highest BCUT2D eigenvalue weighted by molar-refractivity contribution is 7.89. The third kappa shape index (κ3) is 5.45. The summed E-state index contributed by atoms with van der Waals surface area (Å²) in [5.74, 6) is -0.651. The van der Waals surface area contributed by atoms with E-state index in [0.717, 1.165) is 10.4 Å². The zero-order chi connectivity index (χ0) is 21.8. The van der Waals surface area contributed by atoms with Crippen molar-refractivity contribution in [3.63, 3.8) is 0 Å². The molecule has 0 atom stereocenters. The van der Waals surface area contributed by atoms with E-state index in [-0.39, 0.29) is 22.8 Å². The highest BCUT2D eigenvalue weighted by Gasteiger charge is 2.34. The molecule has 0 bridgehead atoms. The lowest BCUT2D eigenvalue weighted by Crippen LogP contribution is -2.39. The van der Waals surface area contributed by atoms with Gasteiger partial charge in [0.15, 0.2) is 4.90 Å². The summed E-state index contributed by atoms with van der Waals surface area (Å²) < 4.78 is 27.3. The van der Waals surface area contributed by atoms with Crippen molar-refractivity contribution in [2.45, 2.75) is 25.2 Å². The van der Waals surface area contributed by atoms with Crippen molar-refractivity contribution in [2.24, 2.45) is 0 Å². The van der Waals surface area contributed by atoms with Crippen LogP contribution in [0.4, 0.5) is 11.4 Å². The first-order chi connectivity index (χ1) is 13.6. The molecule has 2 aromatic rings. The predicted octanol–water partition coefficient (Wildman–Crippen LogP) is 4.25. The van der Waals surface area contributed by atoms with Crippen LogP contribution in [-0.4, -0.2) is 36.6 Å². The Morgan fingerprint density at radius 1 is 1.24 bits per heavy atom. The van der Waals surface area contributed by atoms with Crippen LogP contribution in [0, 0.1) is 17.0 Å². The second kappa shape index (κ2) is 9.53. The van der Waals surface area contributed by atoms with Crippen molar-refractivity contribution in [2.75, 3.05) is 18.4 Å². The summed E-state index contributed by atoms with van der Waals surface area (Å²) in [5, 5.41) is 14.5. The van der Waals surface area contributed by atoms with Gasteiger partial charge >= 0.3 is 0 Å². The first-order valence-electron chi connectivity index (χ1n) is 8.57. The maximum atomic E-state index is 13.2. The van der Waals surface area contributed by atoms with E-state index in [9.17, 15) is 23.3 Å². The fraction of sp³-hybridized carbons (Fsp3) is 0.278. The van der Waals surface area contributed by atoms with Crippen LogP contribution in [0.25, 0.3) is 0 Å². The van der Waals surface area contributed by atoms with Gasteiger partial charge in [-0.15, -0.1) is 0 Å². The molecule has 0 saturated heterocycles. The Morgan fingerprint density at radius 3 is 2.55 bits per heavy atom. The van der Waals surface area contributed by atoms with Crippen molar-refractivity contribution in [3.8, 4) is 0 Å². The normalized spacial score (nSPS) is 11.5. The van der Waals surface area contributed by atoms with E-state index in [1.807, 2.05) is 0 Å². The summed E-state index contributed by atoms with van der Waals surface area (Å²) in [6.45, 7) is 2.67. The number of sulfonamides is 1. The Morgan fingerprint density at radius 2 is 1.93 bits per heavy atom. The maximum Gasteiger partial charge on any atom is 0.289 e. The van der Waals surface area contributed by atoms with Crippen molar-refractivity contribution in [1.29, 1.82) is 0 Å². The van der Waals surface area contributed by atoms with Gasteiger partial charge in [-0.1, -0.05) is 42.3 Å². The second-order valence-corrected chi connectivity index (χ2v) is 8.91. The molecule has 0 spiro atoms.